The summed E-state index contributed by atoms with van der Waals surface area (Å²) in [7, 11) is 1.58. The predicted octanol–water partition coefficient (Wildman–Crippen LogP) is 2.54. The number of nitro benzene ring substituents is 2. The zero-order chi connectivity index (χ0) is 18.4. The van der Waals surface area contributed by atoms with Crippen LogP contribution < -0.4 is 10.3 Å². The lowest BCUT2D eigenvalue weighted by molar-refractivity contribution is -0.393. The quantitative estimate of drug-likeness (QED) is 0.356. The number of carbonyl (C=O) groups is 1. The molecule has 2 aromatic carbocycles. The maximum atomic E-state index is 11.1. The fourth-order valence-electron chi connectivity index (χ4n) is 2.03. The summed E-state index contributed by atoms with van der Waals surface area (Å²) in [6, 6.07) is 10.1. The average molecular weight is 343 g/mol. The predicted molar refractivity (Wildman–Crippen MR) is 91.9 cm³/mol. The Morgan fingerprint density at radius 2 is 1.84 bits per heavy atom. The molecule has 0 aliphatic carbocycles. The minimum atomic E-state index is -0.737. The summed E-state index contributed by atoms with van der Waals surface area (Å²) in [4.78, 5) is 32.6. The number of amides is 1. The third-order valence-electron chi connectivity index (χ3n) is 3.25. The fourth-order valence-corrected chi connectivity index (χ4v) is 2.03. The summed E-state index contributed by atoms with van der Waals surface area (Å²) in [5.41, 5.74) is 2.85. The van der Waals surface area contributed by atoms with Gasteiger partial charge in [0, 0.05) is 18.7 Å². The molecule has 0 saturated heterocycles. The van der Waals surface area contributed by atoms with Gasteiger partial charge in [-0.2, -0.15) is 5.10 Å². The standard InChI is InChI=1S/C15H13N5O5/c1-18(10-21)14-5-3-2-4-11(14)9-16-17-13-7-6-12(19(22)23)8-15(13)20(24)25/h2-10,17H,1H3/b16-9+. The monoisotopic (exact) mass is 343 g/mol. The van der Waals surface area contributed by atoms with Crippen LogP contribution in [0.2, 0.25) is 0 Å². The van der Waals surface area contributed by atoms with Crippen molar-refractivity contribution in [2.75, 3.05) is 17.4 Å². The van der Waals surface area contributed by atoms with E-state index in [1.54, 1.807) is 31.3 Å². The summed E-state index contributed by atoms with van der Waals surface area (Å²) < 4.78 is 0. The zero-order valence-electron chi connectivity index (χ0n) is 13.0. The third kappa shape index (κ3) is 4.13. The number of para-hydroxylation sites is 1. The lowest BCUT2D eigenvalue weighted by atomic mass is 10.2. The van der Waals surface area contributed by atoms with Gasteiger partial charge in [-0.05, 0) is 12.1 Å². The Morgan fingerprint density at radius 1 is 1.12 bits per heavy atom. The van der Waals surface area contributed by atoms with Crippen LogP contribution in [-0.4, -0.2) is 29.5 Å². The van der Waals surface area contributed by atoms with Gasteiger partial charge in [0.1, 0.15) is 5.69 Å². The van der Waals surface area contributed by atoms with Gasteiger partial charge in [0.25, 0.3) is 5.69 Å². The number of benzene rings is 2. The first kappa shape index (κ1) is 17.5. The van der Waals surface area contributed by atoms with Gasteiger partial charge in [0.05, 0.1) is 27.8 Å². The van der Waals surface area contributed by atoms with Crippen molar-refractivity contribution in [3.05, 3.63) is 68.3 Å². The molecule has 0 aliphatic rings. The molecule has 0 radical (unpaired) electrons. The van der Waals surface area contributed by atoms with Crippen molar-refractivity contribution < 1.29 is 14.6 Å². The molecule has 10 nitrogen and oxygen atoms in total. The largest absolute Gasteiger partial charge is 0.317 e. The minimum Gasteiger partial charge on any atom is -0.317 e. The van der Waals surface area contributed by atoms with Gasteiger partial charge in [-0.15, -0.1) is 0 Å². The lowest BCUT2D eigenvalue weighted by Gasteiger charge is -2.13. The van der Waals surface area contributed by atoms with Crippen LogP contribution in [0.1, 0.15) is 5.56 Å². The molecule has 0 bridgehead atoms. The highest BCUT2D eigenvalue weighted by molar-refractivity contribution is 5.92. The molecule has 128 valence electrons. The first-order valence-electron chi connectivity index (χ1n) is 6.93. The van der Waals surface area contributed by atoms with E-state index in [9.17, 15) is 25.0 Å². The molecule has 0 spiro atoms. The minimum absolute atomic E-state index is 0.00748. The van der Waals surface area contributed by atoms with Crippen LogP contribution in [-0.2, 0) is 4.79 Å². The topological polar surface area (TPSA) is 131 Å². The molecule has 0 heterocycles. The Hall–Kier alpha value is -3.82. The Kier molecular flexibility index (Phi) is 5.36. The van der Waals surface area contributed by atoms with Crippen molar-refractivity contribution in [1.82, 2.24) is 0 Å². The van der Waals surface area contributed by atoms with Crippen molar-refractivity contribution in [2.45, 2.75) is 0 Å². The molecule has 0 atom stereocenters. The molecular weight excluding hydrogens is 330 g/mol. The molecular formula is C15H13N5O5. The molecule has 2 rings (SSSR count). The van der Waals surface area contributed by atoms with Gasteiger partial charge in [0.15, 0.2) is 0 Å². The molecule has 0 fully saturated rings. The van der Waals surface area contributed by atoms with Gasteiger partial charge >= 0.3 is 5.69 Å². The van der Waals surface area contributed by atoms with E-state index in [1.165, 1.54) is 17.2 Å². The molecule has 0 aromatic heterocycles. The van der Waals surface area contributed by atoms with Gasteiger partial charge in [-0.1, -0.05) is 18.2 Å². The molecule has 0 saturated carbocycles. The highest BCUT2D eigenvalue weighted by Gasteiger charge is 2.19. The first-order chi connectivity index (χ1) is 11.9. The number of hydrogen-bond acceptors (Lipinski definition) is 7. The van der Waals surface area contributed by atoms with Crippen LogP contribution in [0, 0.1) is 20.2 Å². The number of hydrazone groups is 1. The third-order valence-corrected chi connectivity index (χ3v) is 3.25. The van der Waals surface area contributed by atoms with E-state index >= 15 is 0 Å². The molecule has 0 unspecified atom stereocenters. The van der Waals surface area contributed by atoms with E-state index in [-0.39, 0.29) is 11.4 Å². The number of nitrogens with one attached hydrogen (secondary N) is 1. The lowest BCUT2D eigenvalue weighted by Crippen LogP contribution is -2.15. The van der Waals surface area contributed by atoms with Gasteiger partial charge in [-0.3, -0.25) is 30.4 Å². The summed E-state index contributed by atoms with van der Waals surface area (Å²) in [5.74, 6) is 0. The second-order valence-electron chi connectivity index (χ2n) is 4.86. The van der Waals surface area contributed by atoms with Gasteiger partial charge in [0.2, 0.25) is 6.41 Å². The number of nitro groups is 2. The Morgan fingerprint density at radius 3 is 2.48 bits per heavy atom. The van der Waals surface area contributed by atoms with Gasteiger partial charge in [-0.25, -0.2) is 0 Å². The van der Waals surface area contributed by atoms with Crippen LogP contribution in [0.5, 0.6) is 0 Å². The molecule has 10 heteroatoms. The van der Waals surface area contributed by atoms with Crippen LogP contribution in [0.3, 0.4) is 0 Å². The van der Waals surface area contributed by atoms with Gasteiger partial charge < -0.3 is 4.90 Å². The van der Waals surface area contributed by atoms with E-state index < -0.39 is 15.5 Å². The summed E-state index contributed by atoms with van der Waals surface area (Å²) in [6.07, 6.45) is 2.03. The summed E-state index contributed by atoms with van der Waals surface area (Å²) >= 11 is 0. The molecule has 0 aliphatic heterocycles. The fraction of sp³-hybridized carbons (Fsp3) is 0.0667. The normalized spacial score (nSPS) is 10.4. The second-order valence-corrected chi connectivity index (χ2v) is 4.86. The SMILES string of the molecule is CN(C=O)c1ccccc1/C=N/Nc1ccc([N+](=O)[O-])cc1[N+](=O)[O-]. The van der Waals surface area contributed by atoms with E-state index in [0.717, 1.165) is 12.1 Å². The van der Waals surface area contributed by atoms with E-state index in [0.29, 0.717) is 17.7 Å². The molecule has 1 N–H and O–H groups in total. The Bertz CT molecular complexity index is 852. The number of anilines is 2. The maximum Gasteiger partial charge on any atom is 0.301 e. The van der Waals surface area contributed by atoms with Crippen molar-refractivity contribution in [3.63, 3.8) is 0 Å². The van der Waals surface area contributed by atoms with E-state index in [1.807, 2.05) is 0 Å². The van der Waals surface area contributed by atoms with Crippen LogP contribution in [0.4, 0.5) is 22.7 Å². The summed E-state index contributed by atoms with van der Waals surface area (Å²) in [5, 5.41) is 25.7. The molecule has 1 amide bonds. The highest BCUT2D eigenvalue weighted by Crippen LogP contribution is 2.29. The van der Waals surface area contributed by atoms with Crippen LogP contribution in [0.25, 0.3) is 0 Å². The van der Waals surface area contributed by atoms with Crippen molar-refractivity contribution >= 4 is 35.4 Å². The second kappa shape index (κ2) is 7.64. The number of non-ortho nitro benzene ring substituents is 1. The van der Waals surface area contributed by atoms with Crippen molar-refractivity contribution in [3.8, 4) is 0 Å². The Labute approximate surface area is 141 Å². The molecule has 2 aromatic rings. The number of nitrogens with zero attached hydrogens (tertiary/aromatic N) is 4. The summed E-state index contributed by atoms with van der Waals surface area (Å²) in [6.45, 7) is 0. The van der Waals surface area contributed by atoms with E-state index in [2.05, 4.69) is 10.5 Å². The number of rotatable bonds is 7. The number of hydrogen-bond donors (Lipinski definition) is 1. The van der Waals surface area contributed by atoms with Crippen LogP contribution in [0.15, 0.2) is 47.6 Å². The van der Waals surface area contributed by atoms with Crippen molar-refractivity contribution in [2.24, 2.45) is 5.10 Å². The van der Waals surface area contributed by atoms with E-state index in [4.69, 9.17) is 0 Å². The maximum absolute atomic E-state index is 11.1. The smallest absolute Gasteiger partial charge is 0.301 e. The number of carbonyl (C=O) groups excluding carboxylic acids is 1. The average Bonchev–Trinajstić information content (AvgIpc) is 2.61. The highest BCUT2D eigenvalue weighted by atomic mass is 16.6. The van der Waals surface area contributed by atoms with Crippen LogP contribution >= 0.6 is 0 Å². The Balaban J connectivity index is 2.27. The first-order valence-corrected chi connectivity index (χ1v) is 6.93. The van der Waals surface area contributed by atoms with Crippen molar-refractivity contribution in [1.29, 1.82) is 0 Å². The zero-order valence-corrected chi connectivity index (χ0v) is 13.0. The molecule has 25 heavy (non-hydrogen) atoms.